The van der Waals surface area contributed by atoms with Gasteiger partial charge in [-0.05, 0) is 31.1 Å². The molecule has 0 amide bonds. The number of hydrogen-bond donors (Lipinski definition) is 2. The minimum absolute atomic E-state index is 0.123. The van der Waals surface area contributed by atoms with E-state index in [1.54, 1.807) is 6.20 Å². The molecule has 152 valence electrons. The highest BCUT2D eigenvalue weighted by atomic mass is 16.5. The fourth-order valence-electron chi connectivity index (χ4n) is 4.15. The Balaban J connectivity index is 1.69. The van der Waals surface area contributed by atoms with Crippen LogP contribution in [-0.2, 0) is 28.0 Å². The van der Waals surface area contributed by atoms with E-state index >= 15 is 0 Å². The van der Waals surface area contributed by atoms with Crippen LogP contribution in [0.2, 0.25) is 0 Å². The smallest absolute Gasteiger partial charge is 0.342 e. The van der Waals surface area contributed by atoms with E-state index in [2.05, 4.69) is 65.6 Å². The fraction of sp³-hybridized carbons (Fsp3) is 0.375. The lowest BCUT2D eigenvalue weighted by molar-refractivity contribution is -0.140. The molecule has 4 rings (SSSR count). The highest BCUT2D eigenvalue weighted by molar-refractivity contribution is 6.16. The SMILES string of the molecule is CC(C)OC(=O)C1=CNCC(C)(C)c2c1[nH]c1c2C=CN(Cc2ccccc2)C1. The maximum Gasteiger partial charge on any atom is 0.342 e. The number of aromatic amines is 1. The molecular weight excluding hydrogens is 362 g/mol. The van der Waals surface area contributed by atoms with Crippen LogP contribution < -0.4 is 5.32 Å². The number of fused-ring (bicyclic) bond motifs is 3. The van der Waals surface area contributed by atoms with Crippen LogP contribution in [-0.4, -0.2) is 28.5 Å². The molecule has 0 saturated carbocycles. The van der Waals surface area contributed by atoms with E-state index in [1.165, 1.54) is 16.7 Å². The van der Waals surface area contributed by atoms with Gasteiger partial charge in [0.05, 0.1) is 23.9 Å². The minimum Gasteiger partial charge on any atom is -0.459 e. The van der Waals surface area contributed by atoms with E-state index in [9.17, 15) is 4.79 Å². The topological polar surface area (TPSA) is 57.4 Å². The van der Waals surface area contributed by atoms with E-state index in [4.69, 9.17) is 4.74 Å². The molecule has 2 aliphatic rings. The summed E-state index contributed by atoms with van der Waals surface area (Å²) in [4.78, 5) is 18.6. The van der Waals surface area contributed by atoms with Crippen LogP contribution in [0.15, 0.2) is 42.7 Å². The van der Waals surface area contributed by atoms with Crippen molar-refractivity contribution in [1.29, 1.82) is 0 Å². The summed E-state index contributed by atoms with van der Waals surface area (Å²) in [5.74, 6) is -0.296. The molecule has 2 aromatic rings. The second-order valence-electron chi connectivity index (χ2n) is 8.75. The number of carbonyl (C=O) groups excluding carboxylic acids is 1. The number of aromatic nitrogens is 1. The van der Waals surface area contributed by atoms with Crippen molar-refractivity contribution in [3.05, 3.63) is 70.8 Å². The summed E-state index contributed by atoms with van der Waals surface area (Å²) in [6, 6.07) is 10.5. The van der Waals surface area contributed by atoms with Crippen LogP contribution in [0.25, 0.3) is 11.6 Å². The second-order valence-corrected chi connectivity index (χ2v) is 8.75. The number of ether oxygens (including phenoxy) is 1. The Bertz CT molecular complexity index is 968. The van der Waals surface area contributed by atoms with Crippen LogP contribution in [0.3, 0.4) is 0 Å². The van der Waals surface area contributed by atoms with Gasteiger partial charge in [-0.15, -0.1) is 0 Å². The van der Waals surface area contributed by atoms with Gasteiger partial charge >= 0.3 is 5.97 Å². The van der Waals surface area contributed by atoms with Gasteiger partial charge in [-0.3, -0.25) is 0 Å². The van der Waals surface area contributed by atoms with Gasteiger partial charge in [0.15, 0.2) is 0 Å². The van der Waals surface area contributed by atoms with Crippen molar-refractivity contribution in [2.75, 3.05) is 6.54 Å². The maximum atomic E-state index is 12.8. The lowest BCUT2D eigenvalue weighted by Gasteiger charge is -2.28. The van der Waals surface area contributed by atoms with Crippen molar-refractivity contribution < 1.29 is 9.53 Å². The quantitative estimate of drug-likeness (QED) is 0.768. The zero-order chi connectivity index (χ0) is 20.6. The molecule has 29 heavy (non-hydrogen) atoms. The first-order valence-electron chi connectivity index (χ1n) is 10.2. The number of benzene rings is 1. The van der Waals surface area contributed by atoms with Crippen molar-refractivity contribution in [2.45, 2.75) is 52.3 Å². The standard InChI is InChI=1S/C24H29N3O2/c1-16(2)29-23(28)19-12-25-15-24(3,4)21-18-10-11-27(14-20(18)26-22(19)21)13-17-8-6-5-7-9-17/h5-12,16,25-26H,13-15H2,1-4H3. The molecule has 0 saturated heterocycles. The molecule has 0 fully saturated rings. The largest absolute Gasteiger partial charge is 0.459 e. The fourth-order valence-corrected chi connectivity index (χ4v) is 4.15. The van der Waals surface area contributed by atoms with E-state index in [-0.39, 0.29) is 17.5 Å². The minimum atomic E-state index is -0.296. The van der Waals surface area contributed by atoms with Crippen LogP contribution >= 0.6 is 0 Å². The summed E-state index contributed by atoms with van der Waals surface area (Å²) in [6.07, 6.45) is 5.98. The molecular formula is C24H29N3O2. The first-order valence-corrected chi connectivity index (χ1v) is 10.2. The lowest BCUT2D eigenvalue weighted by atomic mass is 9.80. The van der Waals surface area contributed by atoms with E-state index < -0.39 is 0 Å². The summed E-state index contributed by atoms with van der Waals surface area (Å²) < 4.78 is 5.51. The molecule has 2 N–H and O–H groups in total. The van der Waals surface area contributed by atoms with Crippen LogP contribution in [0.1, 0.15) is 55.8 Å². The third-order valence-electron chi connectivity index (χ3n) is 5.46. The number of nitrogens with one attached hydrogen (secondary N) is 2. The average molecular weight is 392 g/mol. The summed E-state index contributed by atoms with van der Waals surface area (Å²) in [7, 11) is 0. The Labute approximate surface area is 172 Å². The van der Waals surface area contributed by atoms with Crippen molar-refractivity contribution in [3.8, 4) is 0 Å². The number of hydrogen-bond acceptors (Lipinski definition) is 4. The number of H-pyrrole nitrogens is 1. The van der Waals surface area contributed by atoms with Crippen molar-refractivity contribution in [3.63, 3.8) is 0 Å². The molecule has 0 aliphatic carbocycles. The first kappa shape index (κ1) is 19.4. The van der Waals surface area contributed by atoms with Gasteiger partial charge in [0.2, 0.25) is 0 Å². The third-order valence-corrected chi connectivity index (χ3v) is 5.46. The zero-order valence-electron chi connectivity index (χ0n) is 17.6. The highest BCUT2D eigenvalue weighted by Gasteiger charge is 2.35. The van der Waals surface area contributed by atoms with Gasteiger partial charge in [0.25, 0.3) is 0 Å². The highest BCUT2D eigenvalue weighted by Crippen LogP contribution is 2.39. The second kappa shape index (κ2) is 7.47. The average Bonchev–Trinajstić information content (AvgIpc) is 2.98. The summed E-state index contributed by atoms with van der Waals surface area (Å²) in [5, 5.41) is 3.31. The summed E-state index contributed by atoms with van der Waals surface area (Å²) in [6.45, 7) is 10.6. The Morgan fingerprint density at radius 2 is 2.00 bits per heavy atom. The maximum absolute atomic E-state index is 12.8. The van der Waals surface area contributed by atoms with E-state index in [1.807, 2.05) is 19.9 Å². The predicted octanol–water partition coefficient (Wildman–Crippen LogP) is 4.17. The normalized spacial score (nSPS) is 17.1. The van der Waals surface area contributed by atoms with Crippen LogP contribution in [0.4, 0.5) is 0 Å². The Hall–Kier alpha value is -2.95. The van der Waals surface area contributed by atoms with E-state index in [0.29, 0.717) is 5.57 Å². The molecule has 0 bridgehead atoms. The Morgan fingerprint density at radius 3 is 2.72 bits per heavy atom. The molecule has 3 heterocycles. The molecule has 1 aromatic carbocycles. The molecule has 2 aliphatic heterocycles. The molecule has 1 aromatic heterocycles. The number of nitrogens with zero attached hydrogens (tertiary/aromatic N) is 1. The van der Waals surface area contributed by atoms with Gasteiger partial charge < -0.3 is 19.9 Å². The van der Waals surface area contributed by atoms with Gasteiger partial charge in [0.1, 0.15) is 0 Å². The summed E-state index contributed by atoms with van der Waals surface area (Å²) in [5.41, 5.74) is 6.12. The van der Waals surface area contributed by atoms with E-state index in [0.717, 1.165) is 31.0 Å². The van der Waals surface area contributed by atoms with Crippen LogP contribution in [0.5, 0.6) is 0 Å². The van der Waals surface area contributed by atoms with Gasteiger partial charge in [-0.2, -0.15) is 0 Å². The van der Waals surface area contributed by atoms with Gasteiger partial charge in [-0.1, -0.05) is 44.2 Å². The van der Waals surface area contributed by atoms with Crippen molar-refractivity contribution in [1.82, 2.24) is 15.2 Å². The van der Waals surface area contributed by atoms with Crippen molar-refractivity contribution >= 4 is 17.6 Å². The molecule has 0 atom stereocenters. The lowest BCUT2D eigenvalue weighted by Crippen LogP contribution is -2.30. The van der Waals surface area contributed by atoms with Gasteiger partial charge in [0, 0.05) is 42.2 Å². The monoisotopic (exact) mass is 391 g/mol. The van der Waals surface area contributed by atoms with Gasteiger partial charge in [-0.25, -0.2) is 4.79 Å². The third kappa shape index (κ3) is 3.82. The molecule has 0 unspecified atom stereocenters. The number of rotatable bonds is 4. The Kier molecular flexibility index (Phi) is 4.99. The number of esters is 1. The molecule has 0 radical (unpaired) electrons. The first-order chi connectivity index (χ1) is 13.8. The molecule has 5 nitrogen and oxygen atoms in total. The zero-order valence-corrected chi connectivity index (χ0v) is 17.6. The Morgan fingerprint density at radius 1 is 1.24 bits per heavy atom. The van der Waals surface area contributed by atoms with Crippen LogP contribution in [0, 0.1) is 0 Å². The number of carbonyl (C=O) groups is 1. The van der Waals surface area contributed by atoms with Crippen molar-refractivity contribution in [2.24, 2.45) is 0 Å². The predicted molar refractivity (Wildman–Crippen MR) is 116 cm³/mol. The molecule has 5 heteroatoms. The molecule has 0 spiro atoms. The summed E-state index contributed by atoms with van der Waals surface area (Å²) >= 11 is 0.